The van der Waals surface area contributed by atoms with E-state index in [1.165, 1.54) is 31.0 Å². The van der Waals surface area contributed by atoms with Gasteiger partial charge in [-0.3, -0.25) is 9.36 Å². The zero-order valence-corrected chi connectivity index (χ0v) is 17.2. The molecule has 1 aliphatic rings. The van der Waals surface area contributed by atoms with Gasteiger partial charge in [-0.15, -0.1) is 10.2 Å². The van der Waals surface area contributed by atoms with Crippen LogP contribution < -0.4 is 10.2 Å². The van der Waals surface area contributed by atoms with Crippen molar-refractivity contribution in [2.45, 2.75) is 50.4 Å². The Kier molecular flexibility index (Phi) is 6.77. The number of aromatic nitrogens is 3. The van der Waals surface area contributed by atoms with Gasteiger partial charge < -0.3 is 10.2 Å². The maximum atomic E-state index is 12.4. The van der Waals surface area contributed by atoms with E-state index < -0.39 is 0 Å². The molecule has 0 radical (unpaired) electrons. The number of para-hydroxylation sites is 1. The first-order valence-corrected chi connectivity index (χ1v) is 10.6. The summed E-state index contributed by atoms with van der Waals surface area (Å²) in [5.41, 5.74) is 1.03. The highest BCUT2D eigenvalue weighted by Gasteiger charge is 2.24. The molecule has 27 heavy (non-hydrogen) atoms. The average Bonchev–Trinajstić information content (AvgIpc) is 3.10. The molecule has 6 nitrogen and oxygen atoms in total. The summed E-state index contributed by atoms with van der Waals surface area (Å²) in [7, 11) is 0. The summed E-state index contributed by atoms with van der Waals surface area (Å²) in [6.07, 6.45) is 3.63. The van der Waals surface area contributed by atoms with Crippen molar-refractivity contribution in [2.75, 3.05) is 24.5 Å². The van der Waals surface area contributed by atoms with Crippen LogP contribution in [-0.4, -0.2) is 45.6 Å². The van der Waals surface area contributed by atoms with Crippen molar-refractivity contribution in [3.8, 4) is 5.69 Å². The van der Waals surface area contributed by atoms with E-state index in [-0.39, 0.29) is 11.2 Å². The van der Waals surface area contributed by atoms with Crippen LogP contribution in [0.4, 0.5) is 5.95 Å². The maximum Gasteiger partial charge on any atom is 0.233 e. The number of benzene rings is 1. The number of hydrogen-bond acceptors (Lipinski definition) is 5. The fourth-order valence-corrected chi connectivity index (χ4v) is 3.99. The molecule has 0 aliphatic carbocycles. The van der Waals surface area contributed by atoms with Crippen molar-refractivity contribution >= 4 is 23.6 Å². The van der Waals surface area contributed by atoms with E-state index in [0.29, 0.717) is 12.5 Å². The van der Waals surface area contributed by atoms with Crippen LogP contribution in [0.15, 0.2) is 35.5 Å². The van der Waals surface area contributed by atoms with Crippen molar-refractivity contribution in [3.63, 3.8) is 0 Å². The van der Waals surface area contributed by atoms with Crippen LogP contribution in [0.3, 0.4) is 0 Å². The molecule has 0 spiro atoms. The highest BCUT2D eigenvalue weighted by molar-refractivity contribution is 8.00. The van der Waals surface area contributed by atoms with E-state index in [4.69, 9.17) is 0 Å². The molecule has 2 aromatic rings. The molecule has 1 saturated heterocycles. The molecule has 1 aromatic heterocycles. The Hall–Kier alpha value is -2.02. The lowest BCUT2D eigenvalue weighted by Gasteiger charge is -2.28. The smallest absolute Gasteiger partial charge is 0.233 e. The van der Waals surface area contributed by atoms with Gasteiger partial charge in [0, 0.05) is 19.6 Å². The Morgan fingerprint density at radius 2 is 1.81 bits per heavy atom. The van der Waals surface area contributed by atoms with Gasteiger partial charge in [-0.25, -0.2) is 0 Å². The average molecular weight is 388 g/mol. The number of nitrogens with zero attached hydrogens (tertiary/aromatic N) is 4. The maximum absolute atomic E-state index is 12.4. The summed E-state index contributed by atoms with van der Waals surface area (Å²) in [5.74, 6) is 1.35. The number of anilines is 1. The molecule has 1 aromatic carbocycles. The van der Waals surface area contributed by atoms with Gasteiger partial charge in [-0.2, -0.15) is 0 Å². The third-order valence-corrected chi connectivity index (χ3v) is 5.65. The number of carbonyl (C=O) groups is 1. The summed E-state index contributed by atoms with van der Waals surface area (Å²) in [6.45, 7) is 8.79. The van der Waals surface area contributed by atoms with E-state index in [2.05, 4.69) is 51.0 Å². The first-order valence-electron chi connectivity index (χ1n) is 9.76. The summed E-state index contributed by atoms with van der Waals surface area (Å²) < 4.78 is 2.09. The predicted molar refractivity (Wildman–Crippen MR) is 111 cm³/mol. The van der Waals surface area contributed by atoms with E-state index in [0.717, 1.165) is 29.9 Å². The summed E-state index contributed by atoms with van der Waals surface area (Å²) >= 11 is 1.46. The molecule has 1 atom stereocenters. The second-order valence-electron chi connectivity index (χ2n) is 7.40. The van der Waals surface area contributed by atoms with Crippen molar-refractivity contribution < 1.29 is 4.79 Å². The number of nitrogens with one attached hydrogen (secondary N) is 1. The normalized spacial score (nSPS) is 15.8. The molecule has 1 unspecified atom stereocenters. The van der Waals surface area contributed by atoms with Crippen LogP contribution >= 0.6 is 11.8 Å². The fraction of sp³-hybridized carbons (Fsp3) is 0.550. The molecule has 1 fully saturated rings. The molecule has 1 N–H and O–H groups in total. The molecule has 3 rings (SSSR count). The number of hydrogen-bond donors (Lipinski definition) is 1. The number of carbonyl (C=O) groups excluding carboxylic acids is 1. The quantitative estimate of drug-likeness (QED) is 0.737. The zero-order valence-electron chi connectivity index (χ0n) is 16.4. The van der Waals surface area contributed by atoms with Crippen LogP contribution in [0.25, 0.3) is 5.69 Å². The SMILES string of the molecule is CC(C)CNC(=O)C(C)Sc1nnc(N2CCCCC2)n1-c1ccccc1. The number of piperidine rings is 1. The van der Waals surface area contributed by atoms with Crippen molar-refractivity contribution in [2.24, 2.45) is 5.92 Å². The second-order valence-corrected chi connectivity index (χ2v) is 8.71. The van der Waals surface area contributed by atoms with Crippen LogP contribution in [0.2, 0.25) is 0 Å². The van der Waals surface area contributed by atoms with Crippen LogP contribution in [-0.2, 0) is 4.79 Å². The molecular weight excluding hydrogens is 358 g/mol. The van der Waals surface area contributed by atoms with Crippen LogP contribution in [0.5, 0.6) is 0 Å². The lowest BCUT2D eigenvalue weighted by molar-refractivity contribution is -0.120. The monoisotopic (exact) mass is 387 g/mol. The lowest BCUT2D eigenvalue weighted by Crippen LogP contribution is -2.34. The van der Waals surface area contributed by atoms with Crippen LogP contribution in [0.1, 0.15) is 40.0 Å². The molecule has 0 bridgehead atoms. The molecule has 146 valence electrons. The molecular formula is C20H29N5OS. The topological polar surface area (TPSA) is 63.1 Å². The minimum Gasteiger partial charge on any atom is -0.355 e. The standard InChI is InChI=1S/C20H29N5OS/c1-15(2)14-21-18(26)16(3)27-20-23-22-19(24-12-8-5-9-13-24)25(20)17-10-6-4-7-11-17/h4,6-7,10-11,15-16H,5,8-9,12-14H2,1-3H3,(H,21,26). The third-order valence-electron chi connectivity index (χ3n) is 4.61. The largest absolute Gasteiger partial charge is 0.355 e. The van der Waals surface area contributed by atoms with E-state index in [1.807, 2.05) is 25.1 Å². The Labute approximate surface area is 165 Å². The first-order chi connectivity index (χ1) is 13.1. The summed E-state index contributed by atoms with van der Waals surface area (Å²) in [6, 6.07) is 10.2. The Morgan fingerprint density at radius 1 is 1.11 bits per heavy atom. The summed E-state index contributed by atoms with van der Waals surface area (Å²) in [4.78, 5) is 14.7. The first kappa shape index (κ1) is 19.7. The zero-order chi connectivity index (χ0) is 19.2. The van der Waals surface area contributed by atoms with Gasteiger partial charge in [0.25, 0.3) is 0 Å². The Morgan fingerprint density at radius 3 is 2.48 bits per heavy atom. The van der Waals surface area contributed by atoms with Gasteiger partial charge >= 0.3 is 0 Å². The number of thioether (sulfide) groups is 1. The second kappa shape index (κ2) is 9.26. The summed E-state index contributed by atoms with van der Waals surface area (Å²) in [5, 5.41) is 12.5. The minimum absolute atomic E-state index is 0.0378. The Balaban J connectivity index is 1.84. The number of amides is 1. The van der Waals surface area contributed by atoms with Gasteiger partial charge in [-0.1, -0.05) is 43.8 Å². The van der Waals surface area contributed by atoms with Crippen molar-refractivity contribution in [1.82, 2.24) is 20.1 Å². The van der Waals surface area contributed by atoms with E-state index in [1.54, 1.807) is 0 Å². The van der Waals surface area contributed by atoms with E-state index >= 15 is 0 Å². The van der Waals surface area contributed by atoms with Gasteiger partial charge in [0.1, 0.15) is 0 Å². The van der Waals surface area contributed by atoms with Crippen molar-refractivity contribution in [3.05, 3.63) is 30.3 Å². The molecule has 1 aliphatic heterocycles. The van der Waals surface area contributed by atoms with E-state index in [9.17, 15) is 4.79 Å². The number of rotatable bonds is 7. The van der Waals surface area contributed by atoms with Gasteiger partial charge in [0.05, 0.1) is 10.9 Å². The van der Waals surface area contributed by atoms with Crippen LogP contribution in [0, 0.1) is 5.92 Å². The predicted octanol–water partition coefficient (Wildman–Crippen LogP) is 3.51. The molecule has 2 heterocycles. The third kappa shape index (κ3) is 5.03. The lowest BCUT2D eigenvalue weighted by atomic mass is 10.1. The molecule has 7 heteroatoms. The van der Waals surface area contributed by atoms with Gasteiger partial charge in [0.15, 0.2) is 5.16 Å². The Bertz CT molecular complexity index is 740. The highest BCUT2D eigenvalue weighted by Crippen LogP contribution is 2.30. The van der Waals surface area contributed by atoms with Gasteiger partial charge in [0.2, 0.25) is 11.9 Å². The van der Waals surface area contributed by atoms with Crippen molar-refractivity contribution in [1.29, 1.82) is 0 Å². The minimum atomic E-state index is -0.232. The molecule has 0 saturated carbocycles. The highest BCUT2D eigenvalue weighted by atomic mass is 32.2. The fourth-order valence-electron chi connectivity index (χ4n) is 3.10. The van der Waals surface area contributed by atoms with Gasteiger partial charge in [-0.05, 0) is 44.2 Å². The molecule has 1 amide bonds.